The first-order valence-corrected chi connectivity index (χ1v) is 7.81. The molecule has 4 heteroatoms. The van der Waals surface area contributed by atoms with E-state index in [2.05, 4.69) is 4.72 Å². The zero-order valence-corrected chi connectivity index (χ0v) is 13.2. The van der Waals surface area contributed by atoms with E-state index in [0.29, 0.717) is 0 Å². The molecule has 1 aromatic carbocycles. The Morgan fingerprint density at radius 1 is 1.15 bits per heavy atom. The molecule has 0 saturated carbocycles. The van der Waals surface area contributed by atoms with Crippen LogP contribution in [0, 0.1) is 6.92 Å². The molecule has 108 valence electrons. The maximum absolute atomic E-state index is 12.4. The molecule has 1 aromatic heterocycles. The summed E-state index contributed by atoms with van der Waals surface area (Å²) in [7, 11) is -1.17. The molecule has 0 aliphatic heterocycles. The van der Waals surface area contributed by atoms with Gasteiger partial charge in [0, 0.05) is 0 Å². The number of furan rings is 1. The molecule has 2 atom stereocenters. The van der Waals surface area contributed by atoms with Gasteiger partial charge in [0.2, 0.25) is 0 Å². The fourth-order valence-corrected chi connectivity index (χ4v) is 2.61. The number of hydrogen-bond acceptors (Lipinski definition) is 2. The van der Waals surface area contributed by atoms with E-state index in [1.165, 1.54) is 5.56 Å². The van der Waals surface area contributed by atoms with Crippen molar-refractivity contribution < 1.29 is 8.63 Å². The maximum Gasteiger partial charge on any atom is 0.126 e. The molecule has 2 rings (SSSR count). The fourth-order valence-electron chi connectivity index (χ4n) is 1.79. The second-order valence-corrected chi connectivity index (χ2v) is 7.86. The Balaban J connectivity index is 2.31. The van der Waals surface area contributed by atoms with Crippen LogP contribution in [0.2, 0.25) is 0 Å². The minimum absolute atomic E-state index is 0.203. The average molecular weight is 291 g/mol. The van der Waals surface area contributed by atoms with E-state index in [-0.39, 0.29) is 10.8 Å². The van der Waals surface area contributed by atoms with E-state index in [4.69, 9.17) is 4.42 Å². The van der Waals surface area contributed by atoms with Crippen LogP contribution < -0.4 is 4.72 Å². The van der Waals surface area contributed by atoms with E-state index in [0.717, 1.165) is 11.3 Å². The van der Waals surface area contributed by atoms with Crippen molar-refractivity contribution in [1.82, 2.24) is 4.72 Å². The first-order chi connectivity index (χ1) is 9.38. The molecular weight excluding hydrogens is 270 g/mol. The zero-order chi connectivity index (χ0) is 14.8. The average Bonchev–Trinajstić information content (AvgIpc) is 2.89. The first kappa shape index (κ1) is 15.0. The van der Waals surface area contributed by atoms with Crippen molar-refractivity contribution in [1.29, 1.82) is 0 Å². The van der Waals surface area contributed by atoms with Crippen molar-refractivity contribution in [2.45, 2.75) is 38.5 Å². The molecule has 0 fully saturated rings. The molecule has 3 nitrogen and oxygen atoms in total. The lowest BCUT2D eigenvalue weighted by atomic mass is 10.0. The van der Waals surface area contributed by atoms with Crippen molar-refractivity contribution in [2.24, 2.45) is 0 Å². The highest BCUT2D eigenvalue weighted by molar-refractivity contribution is 7.84. The van der Waals surface area contributed by atoms with Crippen molar-refractivity contribution in [3.05, 3.63) is 59.5 Å². The van der Waals surface area contributed by atoms with Gasteiger partial charge in [-0.05, 0) is 45.4 Å². The molecule has 0 bridgehead atoms. The summed E-state index contributed by atoms with van der Waals surface area (Å²) in [5.41, 5.74) is 2.24. The predicted octanol–water partition coefficient (Wildman–Crippen LogP) is 3.73. The topological polar surface area (TPSA) is 42.2 Å². The smallest absolute Gasteiger partial charge is 0.126 e. The molecule has 1 heterocycles. The normalized spacial score (nSPS) is 15.0. The molecular formula is C16H21NO2S. The first-order valence-electron chi connectivity index (χ1n) is 6.66. The number of nitrogens with one attached hydrogen (secondary N) is 1. The van der Waals surface area contributed by atoms with Crippen LogP contribution in [0.15, 0.2) is 47.1 Å². The Labute approximate surface area is 123 Å². The Bertz CT molecular complexity index is 568. The molecule has 0 radical (unpaired) electrons. The van der Waals surface area contributed by atoms with E-state index in [9.17, 15) is 4.21 Å². The van der Waals surface area contributed by atoms with E-state index >= 15 is 0 Å². The monoisotopic (exact) mass is 291 g/mol. The summed E-state index contributed by atoms with van der Waals surface area (Å²) in [6.45, 7) is 7.89. The van der Waals surface area contributed by atoms with Crippen molar-refractivity contribution in [3.8, 4) is 0 Å². The van der Waals surface area contributed by atoms with Gasteiger partial charge in [-0.15, -0.1) is 0 Å². The maximum atomic E-state index is 12.4. The van der Waals surface area contributed by atoms with Gasteiger partial charge in [0.1, 0.15) is 11.8 Å². The Morgan fingerprint density at radius 3 is 2.30 bits per heavy atom. The highest BCUT2D eigenvalue weighted by Crippen LogP contribution is 2.25. The van der Waals surface area contributed by atoms with Gasteiger partial charge in [-0.25, -0.2) is 8.93 Å². The van der Waals surface area contributed by atoms with Crippen LogP contribution in [-0.2, 0) is 11.0 Å². The standard InChI is InChI=1S/C16H21NO2S/c1-12-7-9-13(10-8-12)15(14-6-5-11-19-14)17-20(18)16(2,3)4/h5-11,15,17H,1-4H3/t15-,20-/m0/s1. The van der Waals surface area contributed by atoms with Crippen LogP contribution in [0.3, 0.4) is 0 Å². The van der Waals surface area contributed by atoms with Gasteiger partial charge in [0.25, 0.3) is 0 Å². The second kappa shape index (κ2) is 5.94. The van der Waals surface area contributed by atoms with E-state index < -0.39 is 11.0 Å². The SMILES string of the molecule is Cc1ccc([C@H](N[S@@](=O)C(C)(C)C)c2ccco2)cc1. The second-order valence-electron chi connectivity index (χ2n) is 5.86. The molecule has 0 aliphatic rings. The van der Waals surface area contributed by atoms with Gasteiger partial charge in [-0.3, -0.25) is 0 Å². The van der Waals surface area contributed by atoms with Crippen LogP contribution in [0.1, 0.15) is 43.7 Å². The molecule has 0 aliphatic carbocycles. The lowest BCUT2D eigenvalue weighted by Crippen LogP contribution is -2.36. The number of rotatable bonds is 4. The Kier molecular flexibility index (Phi) is 4.45. The summed E-state index contributed by atoms with van der Waals surface area (Å²) in [5, 5.41) is 0. The van der Waals surface area contributed by atoms with Gasteiger partial charge >= 0.3 is 0 Å². The van der Waals surface area contributed by atoms with Crippen LogP contribution >= 0.6 is 0 Å². The van der Waals surface area contributed by atoms with E-state index in [1.54, 1.807) is 6.26 Å². The molecule has 20 heavy (non-hydrogen) atoms. The third-order valence-corrected chi connectivity index (χ3v) is 4.58. The largest absolute Gasteiger partial charge is 0.467 e. The number of aryl methyl sites for hydroxylation is 1. The summed E-state index contributed by atoms with van der Waals surface area (Å²) in [6.07, 6.45) is 1.64. The minimum atomic E-state index is -1.17. The Morgan fingerprint density at radius 2 is 1.80 bits per heavy atom. The third kappa shape index (κ3) is 3.58. The molecule has 2 aromatic rings. The summed E-state index contributed by atoms with van der Waals surface area (Å²) < 4.78 is 20.7. The number of hydrogen-bond donors (Lipinski definition) is 1. The number of benzene rings is 1. The van der Waals surface area contributed by atoms with Crippen molar-refractivity contribution in [3.63, 3.8) is 0 Å². The minimum Gasteiger partial charge on any atom is -0.467 e. The lowest BCUT2D eigenvalue weighted by Gasteiger charge is -2.23. The van der Waals surface area contributed by atoms with Gasteiger partial charge in [0.05, 0.1) is 22.0 Å². The Hall–Kier alpha value is -1.39. The highest BCUT2D eigenvalue weighted by atomic mass is 32.2. The molecule has 0 amide bonds. The fraction of sp³-hybridized carbons (Fsp3) is 0.375. The quantitative estimate of drug-likeness (QED) is 0.932. The molecule has 0 saturated heterocycles. The summed E-state index contributed by atoms with van der Waals surface area (Å²) in [6, 6.07) is 11.7. The van der Waals surface area contributed by atoms with Gasteiger partial charge in [0.15, 0.2) is 0 Å². The summed E-state index contributed by atoms with van der Waals surface area (Å²) >= 11 is 0. The zero-order valence-electron chi connectivity index (χ0n) is 12.3. The molecule has 0 spiro atoms. The molecule has 1 N–H and O–H groups in total. The summed E-state index contributed by atoms with van der Waals surface area (Å²) in [4.78, 5) is 0. The third-order valence-electron chi connectivity index (χ3n) is 3.02. The highest BCUT2D eigenvalue weighted by Gasteiger charge is 2.25. The van der Waals surface area contributed by atoms with Crippen LogP contribution in [0.25, 0.3) is 0 Å². The van der Waals surface area contributed by atoms with Gasteiger partial charge in [-0.2, -0.15) is 0 Å². The van der Waals surface area contributed by atoms with E-state index in [1.807, 2.05) is 64.1 Å². The predicted molar refractivity (Wildman–Crippen MR) is 82.8 cm³/mol. The van der Waals surface area contributed by atoms with Crippen LogP contribution in [0.4, 0.5) is 0 Å². The molecule has 0 unspecified atom stereocenters. The van der Waals surface area contributed by atoms with Crippen molar-refractivity contribution in [2.75, 3.05) is 0 Å². The van der Waals surface area contributed by atoms with Gasteiger partial charge in [-0.1, -0.05) is 29.8 Å². The van der Waals surface area contributed by atoms with Crippen LogP contribution in [-0.4, -0.2) is 8.96 Å². The van der Waals surface area contributed by atoms with Crippen LogP contribution in [0.5, 0.6) is 0 Å². The summed E-state index contributed by atoms with van der Waals surface area (Å²) in [5.74, 6) is 0.770. The lowest BCUT2D eigenvalue weighted by molar-refractivity contribution is 0.476. The van der Waals surface area contributed by atoms with Gasteiger partial charge < -0.3 is 4.42 Å². The van der Waals surface area contributed by atoms with Crippen molar-refractivity contribution >= 4 is 11.0 Å².